The SMILES string of the molecule is O=C(Cc1cccc2ccccc12)N1CCN(C(=O)N2CCCCC2)CC1. The second-order valence-corrected chi connectivity index (χ2v) is 7.51. The summed E-state index contributed by atoms with van der Waals surface area (Å²) in [5.74, 6) is 0.149. The van der Waals surface area contributed by atoms with Gasteiger partial charge in [-0.3, -0.25) is 4.79 Å². The molecule has 2 aliphatic heterocycles. The molecule has 27 heavy (non-hydrogen) atoms. The highest BCUT2D eigenvalue weighted by atomic mass is 16.2. The summed E-state index contributed by atoms with van der Waals surface area (Å²) in [6.07, 6.45) is 3.85. The van der Waals surface area contributed by atoms with E-state index in [1.54, 1.807) is 0 Å². The molecular weight excluding hydrogens is 338 g/mol. The zero-order valence-electron chi connectivity index (χ0n) is 15.8. The molecule has 0 spiro atoms. The lowest BCUT2D eigenvalue weighted by molar-refractivity contribution is -0.131. The molecule has 2 saturated heterocycles. The maximum absolute atomic E-state index is 12.8. The summed E-state index contributed by atoms with van der Waals surface area (Å²) in [4.78, 5) is 31.2. The number of urea groups is 1. The Bertz CT molecular complexity index is 816. The topological polar surface area (TPSA) is 43.9 Å². The number of carbonyl (C=O) groups excluding carboxylic acids is 2. The average molecular weight is 365 g/mol. The molecule has 2 aliphatic rings. The summed E-state index contributed by atoms with van der Waals surface area (Å²) in [5.41, 5.74) is 1.07. The first-order chi connectivity index (χ1) is 13.2. The van der Waals surface area contributed by atoms with Crippen LogP contribution < -0.4 is 0 Å². The van der Waals surface area contributed by atoms with Crippen LogP contribution in [0.4, 0.5) is 4.79 Å². The molecule has 2 fully saturated rings. The van der Waals surface area contributed by atoms with Crippen molar-refractivity contribution in [2.24, 2.45) is 0 Å². The summed E-state index contributed by atoms with van der Waals surface area (Å²) >= 11 is 0. The standard InChI is InChI=1S/C22H27N3O2/c26-21(17-19-9-6-8-18-7-2-3-10-20(18)19)23-13-15-25(16-14-23)22(27)24-11-4-1-5-12-24/h2-3,6-10H,1,4-5,11-17H2. The number of fused-ring (bicyclic) bond motifs is 1. The molecule has 0 saturated carbocycles. The Labute approximate surface area is 160 Å². The van der Waals surface area contributed by atoms with Gasteiger partial charge in [0.1, 0.15) is 0 Å². The Kier molecular flexibility index (Phi) is 5.28. The average Bonchev–Trinajstić information content (AvgIpc) is 2.74. The molecular formula is C22H27N3O2. The van der Waals surface area contributed by atoms with Crippen molar-refractivity contribution in [1.82, 2.24) is 14.7 Å². The van der Waals surface area contributed by atoms with Crippen LogP contribution in [0, 0.1) is 0 Å². The van der Waals surface area contributed by atoms with E-state index in [1.807, 2.05) is 39.0 Å². The van der Waals surface area contributed by atoms with Gasteiger partial charge in [0.15, 0.2) is 0 Å². The minimum Gasteiger partial charge on any atom is -0.339 e. The van der Waals surface area contributed by atoms with E-state index in [4.69, 9.17) is 0 Å². The van der Waals surface area contributed by atoms with E-state index in [-0.39, 0.29) is 11.9 Å². The van der Waals surface area contributed by atoms with Crippen molar-refractivity contribution < 1.29 is 9.59 Å². The maximum atomic E-state index is 12.8. The molecule has 0 atom stereocenters. The number of carbonyl (C=O) groups is 2. The van der Waals surface area contributed by atoms with Crippen LogP contribution in [0.1, 0.15) is 24.8 Å². The van der Waals surface area contributed by atoms with Crippen molar-refractivity contribution in [3.05, 3.63) is 48.0 Å². The van der Waals surface area contributed by atoms with E-state index in [0.29, 0.717) is 32.6 Å². The Morgan fingerprint density at radius 1 is 0.704 bits per heavy atom. The van der Waals surface area contributed by atoms with Crippen LogP contribution in [0.5, 0.6) is 0 Å². The monoisotopic (exact) mass is 365 g/mol. The fourth-order valence-electron chi connectivity index (χ4n) is 4.15. The van der Waals surface area contributed by atoms with Gasteiger partial charge < -0.3 is 14.7 Å². The van der Waals surface area contributed by atoms with Crippen LogP contribution in [0.2, 0.25) is 0 Å². The predicted octanol–water partition coefficient (Wildman–Crippen LogP) is 3.13. The van der Waals surface area contributed by atoms with Gasteiger partial charge in [0.2, 0.25) is 5.91 Å². The van der Waals surface area contributed by atoms with Gasteiger partial charge in [-0.1, -0.05) is 42.5 Å². The van der Waals surface area contributed by atoms with Crippen molar-refractivity contribution in [3.63, 3.8) is 0 Å². The summed E-state index contributed by atoms with van der Waals surface area (Å²) in [5, 5.41) is 2.31. The zero-order chi connectivity index (χ0) is 18.6. The highest BCUT2D eigenvalue weighted by Crippen LogP contribution is 2.20. The van der Waals surface area contributed by atoms with Crippen LogP contribution in [-0.4, -0.2) is 65.9 Å². The van der Waals surface area contributed by atoms with Crippen LogP contribution in [0.15, 0.2) is 42.5 Å². The van der Waals surface area contributed by atoms with E-state index in [0.717, 1.165) is 36.9 Å². The molecule has 0 radical (unpaired) electrons. The Morgan fingerprint density at radius 3 is 2.11 bits per heavy atom. The smallest absolute Gasteiger partial charge is 0.320 e. The van der Waals surface area contributed by atoms with Gasteiger partial charge >= 0.3 is 6.03 Å². The number of hydrogen-bond donors (Lipinski definition) is 0. The quantitative estimate of drug-likeness (QED) is 0.821. The Hall–Kier alpha value is -2.56. The van der Waals surface area contributed by atoms with Crippen molar-refractivity contribution >= 4 is 22.7 Å². The number of piperidine rings is 1. The maximum Gasteiger partial charge on any atom is 0.320 e. The lowest BCUT2D eigenvalue weighted by atomic mass is 10.0. The van der Waals surface area contributed by atoms with Crippen molar-refractivity contribution in [2.45, 2.75) is 25.7 Å². The van der Waals surface area contributed by atoms with Crippen molar-refractivity contribution in [3.8, 4) is 0 Å². The number of rotatable bonds is 2. The van der Waals surface area contributed by atoms with Gasteiger partial charge in [0.05, 0.1) is 6.42 Å². The zero-order valence-corrected chi connectivity index (χ0v) is 15.8. The van der Waals surface area contributed by atoms with Crippen LogP contribution in [-0.2, 0) is 11.2 Å². The normalized spacial score (nSPS) is 18.0. The van der Waals surface area contributed by atoms with Crippen LogP contribution in [0.25, 0.3) is 10.8 Å². The molecule has 0 aromatic heterocycles. The minimum absolute atomic E-state index is 0.149. The fraction of sp³-hybridized carbons (Fsp3) is 0.455. The summed E-state index contributed by atoms with van der Waals surface area (Å²) in [7, 11) is 0. The molecule has 3 amide bonds. The number of piperazine rings is 1. The summed E-state index contributed by atoms with van der Waals surface area (Å²) < 4.78 is 0. The first-order valence-corrected chi connectivity index (χ1v) is 10.0. The first kappa shape index (κ1) is 17.8. The van der Waals surface area contributed by atoms with Crippen molar-refractivity contribution in [1.29, 1.82) is 0 Å². The molecule has 5 nitrogen and oxygen atoms in total. The lowest BCUT2D eigenvalue weighted by Gasteiger charge is -2.38. The fourth-order valence-corrected chi connectivity index (χ4v) is 4.15. The van der Waals surface area contributed by atoms with E-state index in [9.17, 15) is 9.59 Å². The molecule has 0 N–H and O–H groups in total. The van der Waals surface area contributed by atoms with Crippen LogP contribution >= 0.6 is 0 Å². The number of benzene rings is 2. The molecule has 2 heterocycles. The summed E-state index contributed by atoms with van der Waals surface area (Å²) in [6, 6.07) is 14.5. The molecule has 4 rings (SSSR count). The summed E-state index contributed by atoms with van der Waals surface area (Å²) in [6.45, 7) is 4.28. The minimum atomic E-state index is 0.149. The van der Waals surface area contributed by atoms with Gasteiger partial charge in [0, 0.05) is 39.3 Å². The third kappa shape index (κ3) is 3.92. The lowest BCUT2D eigenvalue weighted by Crippen LogP contribution is -2.54. The first-order valence-electron chi connectivity index (χ1n) is 10.0. The Balaban J connectivity index is 1.35. The van der Waals surface area contributed by atoms with E-state index in [2.05, 4.69) is 18.2 Å². The van der Waals surface area contributed by atoms with E-state index in [1.165, 1.54) is 11.8 Å². The number of amides is 3. The second kappa shape index (κ2) is 7.99. The third-order valence-corrected chi connectivity index (χ3v) is 5.75. The molecule has 142 valence electrons. The van der Waals surface area contributed by atoms with E-state index >= 15 is 0 Å². The van der Waals surface area contributed by atoms with Gasteiger partial charge in [-0.15, -0.1) is 0 Å². The number of nitrogens with zero attached hydrogens (tertiary/aromatic N) is 3. The van der Waals surface area contributed by atoms with E-state index < -0.39 is 0 Å². The van der Waals surface area contributed by atoms with Gasteiger partial charge in [-0.05, 0) is 35.6 Å². The number of likely N-dealkylation sites (tertiary alicyclic amines) is 1. The third-order valence-electron chi connectivity index (χ3n) is 5.75. The van der Waals surface area contributed by atoms with Gasteiger partial charge in [-0.25, -0.2) is 4.79 Å². The highest BCUT2D eigenvalue weighted by Gasteiger charge is 2.27. The predicted molar refractivity (Wildman–Crippen MR) is 107 cm³/mol. The highest BCUT2D eigenvalue weighted by molar-refractivity contribution is 5.90. The van der Waals surface area contributed by atoms with Gasteiger partial charge in [0.25, 0.3) is 0 Å². The molecule has 2 aromatic carbocycles. The molecule has 0 unspecified atom stereocenters. The van der Waals surface area contributed by atoms with Crippen molar-refractivity contribution in [2.75, 3.05) is 39.3 Å². The molecule has 0 bridgehead atoms. The number of hydrogen-bond acceptors (Lipinski definition) is 2. The molecule has 5 heteroatoms. The Morgan fingerprint density at radius 2 is 1.33 bits per heavy atom. The largest absolute Gasteiger partial charge is 0.339 e. The van der Waals surface area contributed by atoms with Crippen LogP contribution in [0.3, 0.4) is 0 Å². The second-order valence-electron chi connectivity index (χ2n) is 7.51. The van der Waals surface area contributed by atoms with Gasteiger partial charge in [-0.2, -0.15) is 0 Å². The molecule has 0 aliphatic carbocycles. The molecule has 2 aromatic rings.